The van der Waals surface area contributed by atoms with E-state index in [4.69, 9.17) is 9.97 Å². The molecule has 0 N–H and O–H groups in total. The summed E-state index contributed by atoms with van der Waals surface area (Å²) < 4.78 is 2.29. The highest BCUT2D eigenvalue weighted by Gasteiger charge is 2.26. The number of hydrogen-bond acceptors (Lipinski definition) is 2. The summed E-state index contributed by atoms with van der Waals surface area (Å²) in [5.41, 5.74) is 7.92. The third kappa shape index (κ3) is 2.31. The first-order valence-corrected chi connectivity index (χ1v) is 13.4. The van der Waals surface area contributed by atoms with Gasteiger partial charge in [0.1, 0.15) is 0 Å². The second-order valence-electron chi connectivity index (χ2n) is 10.6. The molecule has 0 radical (unpaired) electrons. The van der Waals surface area contributed by atoms with Crippen LogP contribution in [0.15, 0.2) is 115 Å². The first-order chi connectivity index (χ1) is 19.4. The molecule has 2 heterocycles. The van der Waals surface area contributed by atoms with Crippen molar-refractivity contribution in [2.75, 3.05) is 0 Å². The molecule has 0 aliphatic heterocycles. The van der Waals surface area contributed by atoms with Gasteiger partial charge in [0.05, 0.1) is 22.2 Å². The topological polar surface area (TPSA) is 30.7 Å². The molecule has 39 heavy (non-hydrogen) atoms. The van der Waals surface area contributed by atoms with Crippen molar-refractivity contribution in [2.24, 2.45) is 0 Å². The highest BCUT2D eigenvalue weighted by Crippen LogP contribution is 2.48. The summed E-state index contributed by atoms with van der Waals surface area (Å²) in [6.07, 6.45) is 0. The maximum atomic E-state index is 5.32. The van der Waals surface area contributed by atoms with E-state index >= 15 is 0 Å². The second-order valence-corrected chi connectivity index (χ2v) is 10.6. The van der Waals surface area contributed by atoms with Crippen LogP contribution in [0.5, 0.6) is 0 Å². The van der Waals surface area contributed by atoms with Gasteiger partial charge >= 0.3 is 0 Å². The van der Waals surface area contributed by atoms with E-state index in [1.165, 1.54) is 59.8 Å². The van der Waals surface area contributed by atoms with Crippen LogP contribution in [0.2, 0.25) is 0 Å². The summed E-state index contributed by atoms with van der Waals surface area (Å²) in [5, 5.41) is 11.4. The van der Waals surface area contributed by atoms with Crippen LogP contribution in [-0.2, 0) is 0 Å². The van der Waals surface area contributed by atoms with E-state index in [-0.39, 0.29) is 0 Å². The maximum absolute atomic E-state index is 5.32. The fourth-order valence-corrected chi connectivity index (χ4v) is 7.15. The van der Waals surface area contributed by atoms with Crippen LogP contribution >= 0.6 is 0 Å². The Morgan fingerprint density at radius 1 is 0.436 bits per heavy atom. The minimum atomic E-state index is 0.718. The fraction of sp³-hybridized carbons (Fsp3) is 0. The van der Waals surface area contributed by atoms with E-state index in [9.17, 15) is 0 Å². The summed E-state index contributed by atoms with van der Waals surface area (Å²) in [7, 11) is 0. The number of benzene rings is 7. The van der Waals surface area contributed by atoms with Gasteiger partial charge in [0.2, 0.25) is 5.95 Å². The van der Waals surface area contributed by atoms with Crippen molar-refractivity contribution >= 4 is 65.0 Å². The molecule has 0 fully saturated rings. The van der Waals surface area contributed by atoms with Gasteiger partial charge in [0.15, 0.2) is 0 Å². The molecule has 2 aromatic heterocycles. The molecule has 0 unspecified atom stereocenters. The van der Waals surface area contributed by atoms with Crippen molar-refractivity contribution < 1.29 is 0 Å². The Morgan fingerprint density at radius 2 is 1.13 bits per heavy atom. The summed E-state index contributed by atoms with van der Waals surface area (Å²) in [6, 6.07) is 41.5. The van der Waals surface area contributed by atoms with Crippen LogP contribution in [0.3, 0.4) is 0 Å². The average Bonchev–Trinajstić information content (AvgIpc) is 3.50. The molecule has 1 aliphatic carbocycles. The van der Waals surface area contributed by atoms with Gasteiger partial charge in [-0.2, -0.15) is 0 Å². The summed E-state index contributed by atoms with van der Waals surface area (Å²) in [6.45, 7) is 0. The van der Waals surface area contributed by atoms with Gasteiger partial charge in [-0.1, -0.05) is 97.1 Å². The number of hydrogen-bond donors (Lipinski definition) is 0. The predicted molar refractivity (Wildman–Crippen MR) is 162 cm³/mol. The molecular weight excluding hydrogens is 474 g/mol. The van der Waals surface area contributed by atoms with Crippen molar-refractivity contribution in [3.05, 3.63) is 115 Å². The lowest BCUT2D eigenvalue weighted by molar-refractivity contribution is 1.02. The quantitative estimate of drug-likeness (QED) is 0.213. The van der Waals surface area contributed by atoms with Gasteiger partial charge in [-0.3, -0.25) is 4.57 Å². The standard InChI is InChI=1S/C36H19N3/c1-2-10-21-20(9-1)19-30-34-31(21)24-13-5-3-11-22(24)26-16-8-18-29(33(26)34)39(30)36-37-28-17-7-15-25-23-12-4-6-14-27(23)35(38-36)32(25)28/h1-19H. The molecule has 3 heteroatoms. The second kappa shape index (κ2) is 6.77. The lowest BCUT2D eigenvalue weighted by Gasteiger charge is -2.11. The van der Waals surface area contributed by atoms with Crippen molar-refractivity contribution in [1.29, 1.82) is 0 Å². The van der Waals surface area contributed by atoms with Crippen LogP contribution < -0.4 is 0 Å². The molecule has 0 saturated carbocycles. The summed E-state index contributed by atoms with van der Waals surface area (Å²) in [5.74, 6) is 0.718. The molecule has 3 nitrogen and oxygen atoms in total. The molecule has 1 aliphatic rings. The number of rotatable bonds is 1. The lowest BCUT2D eigenvalue weighted by atomic mass is 9.91. The Labute approximate surface area is 222 Å². The largest absolute Gasteiger partial charge is 0.278 e. The van der Waals surface area contributed by atoms with E-state index < -0.39 is 0 Å². The van der Waals surface area contributed by atoms with Gasteiger partial charge in [0.25, 0.3) is 0 Å². The minimum Gasteiger partial charge on any atom is -0.278 e. The first-order valence-electron chi connectivity index (χ1n) is 13.4. The monoisotopic (exact) mass is 493 g/mol. The average molecular weight is 494 g/mol. The summed E-state index contributed by atoms with van der Waals surface area (Å²) in [4.78, 5) is 10.5. The van der Waals surface area contributed by atoms with E-state index in [1.807, 2.05) is 0 Å². The van der Waals surface area contributed by atoms with Gasteiger partial charge < -0.3 is 0 Å². The zero-order valence-electron chi connectivity index (χ0n) is 20.8. The molecule has 0 spiro atoms. The molecular formula is C36H19N3. The minimum absolute atomic E-state index is 0.718. The van der Waals surface area contributed by atoms with E-state index in [0.29, 0.717) is 0 Å². The Morgan fingerprint density at radius 3 is 2.05 bits per heavy atom. The Hall–Kier alpha value is -5.28. The van der Waals surface area contributed by atoms with E-state index in [2.05, 4.69) is 120 Å². The smallest absolute Gasteiger partial charge is 0.235 e. The molecule has 0 saturated heterocycles. The molecule has 0 amide bonds. The van der Waals surface area contributed by atoms with Crippen molar-refractivity contribution in [3.63, 3.8) is 0 Å². The first kappa shape index (κ1) is 19.8. The molecule has 10 rings (SSSR count). The number of fused-ring (bicyclic) bond motifs is 8. The lowest BCUT2D eigenvalue weighted by Crippen LogP contribution is -2.02. The molecule has 0 atom stereocenters. The van der Waals surface area contributed by atoms with Crippen molar-refractivity contribution in [3.8, 4) is 28.3 Å². The van der Waals surface area contributed by atoms with Gasteiger partial charge in [0, 0.05) is 27.1 Å². The molecule has 7 aromatic carbocycles. The highest BCUT2D eigenvalue weighted by atomic mass is 15.2. The Kier molecular flexibility index (Phi) is 3.44. The van der Waals surface area contributed by atoms with Crippen molar-refractivity contribution in [1.82, 2.24) is 14.5 Å². The van der Waals surface area contributed by atoms with Gasteiger partial charge in [-0.05, 0) is 56.3 Å². The normalized spacial score (nSPS) is 12.6. The Bertz CT molecular complexity index is 2490. The third-order valence-corrected chi connectivity index (χ3v) is 8.67. The fourth-order valence-electron chi connectivity index (χ4n) is 7.15. The predicted octanol–water partition coefficient (Wildman–Crippen LogP) is 9.27. The molecule has 0 bridgehead atoms. The highest BCUT2D eigenvalue weighted by molar-refractivity contribution is 6.39. The third-order valence-electron chi connectivity index (χ3n) is 8.67. The van der Waals surface area contributed by atoms with Crippen LogP contribution in [0.4, 0.5) is 0 Å². The zero-order chi connectivity index (χ0) is 25.2. The SMILES string of the molecule is c1ccc2c(c1)-c1cccc3nc(-n4c5cccc6c7ccccc7c7c8ccccc8cc4c7c65)nc-2c13. The molecule has 9 aromatic rings. The van der Waals surface area contributed by atoms with Crippen LogP contribution in [0.1, 0.15) is 0 Å². The van der Waals surface area contributed by atoms with Crippen molar-refractivity contribution in [2.45, 2.75) is 0 Å². The van der Waals surface area contributed by atoms with Gasteiger partial charge in [-0.15, -0.1) is 0 Å². The van der Waals surface area contributed by atoms with Gasteiger partial charge in [-0.25, -0.2) is 9.97 Å². The maximum Gasteiger partial charge on any atom is 0.235 e. The Balaban J connectivity index is 1.46. The number of aromatic nitrogens is 3. The van der Waals surface area contributed by atoms with Crippen LogP contribution in [0.25, 0.3) is 93.4 Å². The summed E-state index contributed by atoms with van der Waals surface area (Å²) >= 11 is 0. The van der Waals surface area contributed by atoms with E-state index in [1.54, 1.807) is 0 Å². The van der Waals surface area contributed by atoms with E-state index in [0.717, 1.165) is 33.6 Å². The zero-order valence-corrected chi connectivity index (χ0v) is 20.8. The number of nitrogens with zero attached hydrogens (tertiary/aromatic N) is 3. The van der Waals surface area contributed by atoms with Crippen LogP contribution in [-0.4, -0.2) is 14.5 Å². The van der Waals surface area contributed by atoms with Crippen LogP contribution in [0, 0.1) is 0 Å². The molecule has 178 valence electrons.